The molecule has 15 heavy (non-hydrogen) atoms. The van der Waals surface area contributed by atoms with E-state index >= 15 is 0 Å². The quantitative estimate of drug-likeness (QED) is 0.622. The van der Waals surface area contributed by atoms with Gasteiger partial charge in [0.25, 0.3) is 0 Å². The summed E-state index contributed by atoms with van der Waals surface area (Å²) in [5.74, 6) is 0. The molecule has 0 radical (unpaired) electrons. The van der Waals surface area contributed by atoms with E-state index in [0.717, 1.165) is 32.7 Å². The summed E-state index contributed by atoms with van der Waals surface area (Å²) < 4.78 is 10.3. The zero-order chi connectivity index (χ0) is 10.8. The van der Waals surface area contributed by atoms with E-state index in [0.29, 0.717) is 6.61 Å². The van der Waals surface area contributed by atoms with Gasteiger partial charge in [0, 0.05) is 33.4 Å². The Bertz CT molecular complexity index is 137. The minimum Gasteiger partial charge on any atom is -0.382 e. The van der Waals surface area contributed by atoms with Gasteiger partial charge >= 0.3 is 0 Å². The van der Waals surface area contributed by atoms with Crippen molar-refractivity contribution in [3.05, 3.63) is 0 Å². The van der Waals surface area contributed by atoms with Crippen LogP contribution in [0.5, 0.6) is 0 Å². The number of hydrogen-bond donors (Lipinski definition) is 1. The van der Waals surface area contributed by atoms with Gasteiger partial charge in [-0.3, -0.25) is 0 Å². The second kappa shape index (κ2) is 9.09. The molecule has 0 atom stereocenters. The van der Waals surface area contributed by atoms with Crippen LogP contribution in [0.15, 0.2) is 0 Å². The molecule has 1 aliphatic rings. The number of methoxy groups -OCH3 is 1. The van der Waals surface area contributed by atoms with Crippen LogP contribution in [0, 0.1) is 0 Å². The average Bonchev–Trinajstić information content (AvgIpc) is 2.52. The molecule has 1 saturated heterocycles. The summed E-state index contributed by atoms with van der Waals surface area (Å²) >= 11 is 0. The smallest absolute Gasteiger partial charge is 0.0700 e. The molecular weight excluding hydrogens is 192 g/mol. The van der Waals surface area contributed by atoms with Gasteiger partial charge in [-0.15, -0.1) is 0 Å². The highest BCUT2D eigenvalue weighted by Gasteiger charge is 2.07. The molecule has 90 valence electrons. The topological polar surface area (TPSA) is 33.7 Å². The van der Waals surface area contributed by atoms with Crippen LogP contribution in [0.4, 0.5) is 0 Å². The monoisotopic (exact) mass is 216 g/mol. The van der Waals surface area contributed by atoms with Crippen molar-refractivity contribution in [3.63, 3.8) is 0 Å². The zero-order valence-electron chi connectivity index (χ0n) is 9.83. The van der Waals surface area contributed by atoms with Crippen molar-refractivity contribution in [1.82, 2.24) is 10.2 Å². The second-order valence-electron chi connectivity index (χ2n) is 3.90. The lowest BCUT2D eigenvalue weighted by molar-refractivity contribution is 0.0655. The Balaban J connectivity index is 1.89. The fourth-order valence-electron chi connectivity index (χ4n) is 1.76. The summed E-state index contributed by atoms with van der Waals surface area (Å²) in [7, 11) is 1.70. The summed E-state index contributed by atoms with van der Waals surface area (Å²) in [6, 6.07) is 0. The molecule has 1 aliphatic heterocycles. The molecule has 0 amide bonds. The Morgan fingerprint density at radius 1 is 1.13 bits per heavy atom. The van der Waals surface area contributed by atoms with Crippen LogP contribution in [0.2, 0.25) is 0 Å². The summed E-state index contributed by atoms with van der Waals surface area (Å²) in [6.07, 6.45) is 2.40. The minimum atomic E-state index is 0.702. The Morgan fingerprint density at radius 2 is 2.07 bits per heavy atom. The van der Waals surface area contributed by atoms with E-state index in [2.05, 4.69) is 10.2 Å². The zero-order valence-corrected chi connectivity index (χ0v) is 9.83. The molecule has 0 unspecified atom stereocenters. The van der Waals surface area contributed by atoms with Crippen molar-refractivity contribution in [2.45, 2.75) is 12.8 Å². The van der Waals surface area contributed by atoms with Gasteiger partial charge in [-0.25, -0.2) is 0 Å². The first-order valence-electron chi connectivity index (χ1n) is 5.93. The standard InChI is InChI=1S/C11H24N2O2/c1-14-10-11-15-9-3-7-13-6-2-4-12-5-8-13/h12H,2-11H2,1H3. The van der Waals surface area contributed by atoms with Crippen LogP contribution in [0.3, 0.4) is 0 Å². The first kappa shape index (κ1) is 12.9. The van der Waals surface area contributed by atoms with E-state index in [4.69, 9.17) is 9.47 Å². The number of rotatable bonds is 7. The fraction of sp³-hybridized carbons (Fsp3) is 1.00. The van der Waals surface area contributed by atoms with Crippen LogP contribution in [0.1, 0.15) is 12.8 Å². The Kier molecular flexibility index (Phi) is 7.83. The molecule has 0 saturated carbocycles. The second-order valence-corrected chi connectivity index (χ2v) is 3.90. The molecule has 0 aliphatic carbocycles. The maximum Gasteiger partial charge on any atom is 0.0700 e. The van der Waals surface area contributed by atoms with Crippen LogP contribution >= 0.6 is 0 Å². The van der Waals surface area contributed by atoms with Crippen molar-refractivity contribution in [1.29, 1.82) is 0 Å². The van der Waals surface area contributed by atoms with Gasteiger partial charge in [-0.2, -0.15) is 0 Å². The van der Waals surface area contributed by atoms with E-state index < -0.39 is 0 Å². The van der Waals surface area contributed by atoms with E-state index in [1.807, 2.05) is 0 Å². The predicted octanol–water partition coefficient (Wildman–Crippen LogP) is 0.335. The first-order chi connectivity index (χ1) is 7.43. The summed E-state index contributed by atoms with van der Waals surface area (Å²) in [4.78, 5) is 2.51. The Hall–Kier alpha value is -0.160. The highest BCUT2D eigenvalue weighted by Crippen LogP contribution is 1.97. The maximum atomic E-state index is 5.43. The fourth-order valence-corrected chi connectivity index (χ4v) is 1.76. The van der Waals surface area contributed by atoms with Crippen molar-refractivity contribution >= 4 is 0 Å². The van der Waals surface area contributed by atoms with Crippen LogP contribution in [-0.2, 0) is 9.47 Å². The third kappa shape index (κ3) is 6.84. The van der Waals surface area contributed by atoms with Gasteiger partial charge in [0.1, 0.15) is 0 Å². The van der Waals surface area contributed by atoms with E-state index in [1.54, 1.807) is 7.11 Å². The van der Waals surface area contributed by atoms with Gasteiger partial charge < -0.3 is 19.7 Å². The molecule has 1 heterocycles. The molecule has 0 aromatic carbocycles. The van der Waals surface area contributed by atoms with Gasteiger partial charge in [0.15, 0.2) is 0 Å². The molecule has 1 N–H and O–H groups in total. The minimum absolute atomic E-state index is 0.702. The number of nitrogens with one attached hydrogen (secondary N) is 1. The number of hydrogen-bond acceptors (Lipinski definition) is 4. The molecule has 1 rings (SSSR count). The molecule has 0 bridgehead atoms. The highest BCUT2D eigenvalue weighted by molar-refractivity contribution is 4.65. The van der Waals surface area contributed by atoms with Crippen molar-refractivity contribution < 1.29 is 9.47 Å². The lowest BCUT2D eigenvalue weighted by Gasteiger charge is -2.18. The normalized spacial score (nSPS) is 19.0. The SMILES string of the molecule is COCCOCCCN1CCCNCC1. The summed E-state index contributed by atoms with van der Waals surface area (Å²) in [5.41, 5.74) is 0. The molecule has 4 nitrogen and oxygen atoms in total. The molecule has 1 fully saturated rings. The van der Waals surface area contributed by atoms with Gasteiger partial charge in [0.2, 0.25) is 0 Å². The van der Waals surface area contributed by atoms with Crippen molar-refractivity contribution in [2.24, 2.45) is 0 Å². The van der Waals surface area contributed by atoms with E-state index in [-0.39, 0.29) is 0 Å². The molecule has 0 spiro atoms. The molecule has 4 heteroatoms. The lowest BCUT2D eigenvalue weighted by Crippen LogP contribution is -2.29. The Morgan fingerprint density at radius 3 is 2.93 bits per heavy atom. The highest BCUT2D eigenvalue weighted by atomic mass is 16.5. The maximum absolute atomic E-state index is 5.43. The summed E-state index contributed by atoms with van der Waals surface area (Å²) in [6.45, 7) is 8.14. The number of ether oxygens (including phenoxy) is 2. The van der Waals surface area contributed by atoms with Crippen LogP contribution < -0.4 is 5.32 Å². The number of nitrogens with zero attached hydrogens (tertiary/aromatic N) is 1. The third-order valence-corrected chi connectivity index (χ3v) is 2.63. The average molecular weight is 216 g/mol. The van der Waals surface area contributed by atoms with E-state index in [1.165, 1.54) is 26.1 Å². The molecule has 0 aromatic heterocycles. The predicted molar refractivity (Wildman–Crippen MR) is 61.2 cm³/mol. The largest absolute Gasteiger partial charge is 0.382 e. The van der Waals surface area contributed by atoms with Crippen LogP contribution in [0.25, 0.3) is 0 Å². The van der Waals surface area contributed by atoms with Crippen LogP contribution in [-0.4, -0.2) is 64.6 Å². The molecule has 0 aromatic rings. The lowest BCUT2D eigenvalue weighted by atomic mass is 10.3. The van der Waals surface area contributed by atoms with Gasteiger partial charge in [-0.05, 0) is 25.9 Å². The first-order valence-corrected chi connectivity index (χ1v) is 5.93. The Labute approximate surface area is 92.9 Å². The van der Waals surface area contributed by atoms with Gasteiger partial charge in [0.05, 0.1) is 13.2 Å². The third-order valence-electron chi connectivity index (χ3n) is 2.63. The molecular formula is C11H24N2O2. The van der Waals surface area contributed by atoms with Gasteiger partial charge in [-0.1, -0.05) is 0 Å². The summed E-state index contributed by atoms with van der Waals surface area (Å²) in [5, 5.41) is 3.41. The van der Waals surface area contributed by atoms with Crippen molar-refractivity contribution in [3.8, 4) is 0 Å². The van der Waals surface area contributed by atoms with Crippen molar-refractivity contribution in [2.75, 3.05) is 59.7 Å². The van der Waals surface area contributed by atoms with E-state index in [9.17, 15) is 0 Å².